The van der Waals surface area contributed by atoms with Gasteiger partial charge in [0.2, 0.25) is 0 Å². The van der Waals surface area contributed by atoms with Crippen molar-refractivity contribution in [3.63, 3.8) is 0 Å². The summed E-state index contributed by atoms with van der Waals surface area (Å²) in [5.41, 5.74) is 6.71. The Balaban J connectivity index is 1.50. The molecule has 1 aliphatic rings. The molecule has 6 heteroatoms. The summed E-state index contributed by atoms with van der Waals surface area (Å²) >= 11 is 0. The van der Waals surface area contributed by atoms with E-state index in [1.165, 1.54) is 11.3 Å². The summed E-state index contributed by atoms with van der Waals surface area (Å²) in [4.78, 5) is 14.8. The Labute approximate surface area is 176 Å². The predicted octanol–water partition coefficient (Wildman–Crippen LogP) is 4.93. The van der Waals surface area contributed by atoms with Crippen LogP contribution in [0.25, 0.3) is 11.0 Å². The van der Waals surface area contributed by atoms with Crippen molar-refractivity contribution in [2.45, 2.75) is 38.6 Å². The third-order valence-electron chi connectivity index (χ3n) is 5.99. The molecule has 0 fully saturated rings. The van der Waals surface area contributed by atoms with E-state index in [0.717, 1.165) is 17.4 Å². The highest BCUT2D eigenvalue weighted by atomic mass is 16.5. The van der Waals surface area contributed by atoms with E-state index in [1.54, 1.807) is 25.5 Å². The van der Waals surface area contributed by atoms with Gasteiger partial charge in [0.1, 0.15) is 0 Å². The van der Waals surface area contributed by atoms with Crippen LogP contribution in [0.5, 0.6) is 5.75 Å². The molecule has 1 aromatic heterocycles. The quantitative estimate of drug-likeness (QED) is 0.494. The van der Waals surface area contributed by atoms with Crippen molar-refractivity contribution in [1.29, 1.82) is 0 Å². The van der Waals surface area contributed by atoms with E-state index >= 15 is 0 Å². The van der Waals surface area contributed by atoms with Gasteiger partial charge in [-0.05, 0) is 61.6 Å². The lowest BCUT2D eigenvalue weighted by Gasteiger charge is -2.45. The molecule has 6 nitrogen and oxygen atoms in total. The fraction of sp³-hybridized carbons (Fsp3) is 0.333. The number of benzene rings is 2. The van der Waals surface area contributed by atoms with Crippen LogP contribution in [0.4, 0.5) is 5.69 Å². The van der Waals surface area contributed by atoms with Crippen molar-refractivity contribution in [3.05, 3.63) is 59.4 Å². The summed E-state index contributed by atoms with van der Waals surface area (Å²) in [7, 11) is 3.71. The first kappa shape index (κ1) is 20.0. The number of amides is 1. The van der Waals surface area contributed by atoms with E-state index < -0.39 is 5.91 Å². The first-order chi connectivity index (χ1) is 14.3. The number of anilines is 1. The second kappa shape index (κ2) is 7.52. The number of hydrogen-bond acceptors (Lipinski definition) is 5. The molecule has 0 bridgehead atoms. The van der Waals surface area contributed by atoms with Gasteiger partial charge in [-0.25, -0.2) is 5.43 Å². The van der Waals surface area contributed by atoms with Crippen molar-refractivity contribution in [1.82, 2.24) is 5.43 Å². The number of nitrogens with zero attached hydrogens (tertiary/aromatic N) is 2. The third-order valence-corrected chi connectivity index (χ3v) is 5.99. The lowest BCUT2D eigenvalue weighted by atomic mass is 9.80. The maximum atomic E-state index is 12.4. The second-order valence-corrected chi connectivity index (χ2v) is 8.48. The summed E-state index contributed by atoms with van der Waals surface area (Å²) < 4.78 is 10.9. The van der Waals surface area contributed by atoms with Crippen molar-refractivity contribution in [2.24, 2.45) is 5.10 Å². The maximum absolute atomic E-state index is 12.4. The number of ether oxygens (including phenoxy) is 1. The van der Waals surface area contributed by atoms with Gasteiger partial charge in [0.15, 0.2) is 17.1 Å². The molecule has 2 aromatic carbocycles. The van der Waals surface area contributed by atoms with E-state index in [1.807, 2.05) is 18.2 Å². The summed E-state index contributed by atoms with van der Waals surface area (Å²) in [6, 6.07) is 13.5. The Morgan fingerprint density at radius 3 is 2.87 bits per heavy atom. The van der Waals surface area contributed by atoms with Gasteiger partial charge in [0.25, 0.3) is 0 Å². The fourth-order valence-corrected chi connectivity index (χ4v) is 4.21. The number of fused-ring (bicyclic) bond motifs is 2. The first-order valence-corrected chi connectivity index (χ1v) is 10.1. The van der Waals surface area contributed by atoms with E-state index in [4.69, 9.17) is 9.15 Å². The Hall–Kier alpha value is -3.28. The SMILES string of the molecule is COc1cccc2cc(C(=O)N/N=C\c3ccc4c(c3)[C@@H](C)CC(C)(C)N4C)oc12. The van der Waals surface area contributed by atoms with Gasteiger partial charge in [0.05, 0.1) is 13.3 Å². The molecule has 4 rings (SSSR count). The number of hydrogen-bond donors (Lipinski definition) is 1. The van der Waals surface area contributed by atoms with Crippen molar-refractivity contribution >= 4 is 28.8 Å². The van der Waals surface area contributed by atoms with Crippen LogP contribution in [0.15, 0.2) is 52.0 Å². The maximum Gasteiger partial charge on any atom is 0.307 e. The Morgan fingerprint density at radius 2 is 2.10 bits per heavy atom. The molecule has 0 unspecified atom stereocenters. The van der Waals surface area contributed by atoms with Gasteiger partial charge in [-0.2, -0.15) is 5.10 Å². The van der Waals surface area contributed by atoms with Gasteiger partial charge >= 0.3 is 5.91 Å². The Morgan fingerprint density at radius 1 is 1.30 bits per heavy atom. The molecule has 1 amide bonds. The monoisotopic (exact) mass is 405 g/mol. The molecule has 1 N–H and O–H groups in total. The minimum absolute atomic E-state index is 0.130. The van der Waals surface area contributed by atoms with Crippen LogP contribution in [0, 0.1) is 0 Å². The predicted molar refractivity (Wildman–Crippen MR) is 120 cm³/mol. The van der Waals surface area contributed by atoms with Crippen LogP contribution in [-0.2, 0) is 0 Å². The highest BCUT2D eigenvalue weighted by molar-refractivity contribution is 5.97. The highest BCUT2D eigenvalue weighted by Gasteiger charge is 2.33. The molecule has 1 atom stereocenters. The lowest BCUT2D eigenvalue weighted by Crippen LogP contribution is -2.45. The normalized spacial score (nSPS) is 17.9. The number of carbonyl (C=O) groups is 1. The number of rotatable bonds is 4. The molecule has 1 aliphatic heterocycles. The number of hydrazone groups is 1. The topological polar surface area (TPSA) is 67.1 Å². The van der Waals surface area contributed by atoms with Gasteiger partial charge < -0.3 is 14.1 Å². The first-order valence-electron chi connectivity index (χ1n) is 10.1. The summed E-state index contributed by atoms with van der Waals surface area (Å²) in [5.74, 6) is 0.831. The zero-order valence-corrected chi connectivity index (χ0v) is 18.0. The van der Waals surface area contributed by atoms with E-state index in [-0.39, 0.29) is 11.3 Å². The molecule has 30 heavy (non-hydrogen) atoms. The number of carbonyl (C=O) groups excluding carboxylic acids is 1. The van der Waals surface area contributed by atoms with Gasteiger partial charge in [-0.1, -0.05) is 25.1 Å². The van der Waals surface area contributed by atoms with Crippen molar-refractivity contribution < 1.29 is 13.9 Å². The van der Waals surface area contributed by atoms with E-state index in [9.17, 15) is 4.79 Å². The van der Waals surface area contributed by atoms with Crippen LogP contribution in [0.1, 0.15) is 54.8 Å². The summed E-state index contributed by atoms with van der Waals surface area (Å²) in [6.45, 7) is 6.79. The minimum atomic E-state index is -0.405. The average Bonchev–Trinajstić information content (AvgIpc) is 3.16. The van der Waals surface area contributed by atoms with Crippen LogP contribution in [-0.4, -0.2) is 31.8 Å². The molecule has 2 heterocycles. The molecule has 0 saturated carbocycles. The van der Waals surface area contributed by atoms with Crippen molar-refractivity contribution in [2.75, 3.05) is 19.1 Å². The molecule has 0 saturated heterocycles. The zero-order chi connectivity index (χ0) is 21.5. The number of furan rings is 1. The van der Waals surface area contributed by atoms with Crippen LogP contribution in [0.2, 0.25) is 0 Å². The lowest BCUT2D eigenvalue weighted by molar-refractivity contribution is 0.0929. The molecule has 0 spiro atoms. The number of methoxy groups -OCH3 is 1. The molecule has 3 aromatic rings. The van der Waals surface area contributed by atoms with Gasteiger partial charge in [-0.15, -0.1) is 0 Å². The van der Waals surface area contributed by atoms with Gasteiger partial charge in [-0.3, -0.25) is 4.79 Å². The van der Waals surface area contributed by atoms with Gasteiger partial charge in [0, 0.05) is 23.7 Å². The molecular weight excluding hydrogens is 378 g/mol. The van der Waals surface area contributed by atoms with E-state index in [0.29, 0.717) is 17.3 Å². The summed E-state index contributed by atoms with van der Waals surface area (Å²) in [5, 5.41) is 4.93. The third kappa shape index (κ3) is 3.54. The standard InChI is InChI=1S/C24H27N3O3/c1-15-13-24(2,3)27(4)19-10-9-16(11-18(15)19)14-25-26-23(28)21-12-17-7-6-8-20(29-5)22(17)30-21/h6-12,14-15H,13H2,1-5H3,(H,26,28)/b25-14-/t15-/m0/s1. The van der Waals surface area contributed by atoms with E-state index in [2.05, 4.69) is 55.4 Å². The highest BCUT2D eigenvalue weighted by Crippen LogP contribution is 2.42. The smallest absolute Gasteiger partial charge is 0.307 e. The Bertz CT molecular complexity index is 1130. The fourth-order valence-electron chi connectivity index (χ4n) is 4.21. The van der Waals surface area contributed by atoms with Crippen LogP contribution in [0.3, 0.4) is 0 Å². The Kier molecular flexibility index (Phi) is 5.02. The minimum Gasteiger partial charge on any atom is -0.493 e. The average molecular weight is 405 g/mol. The molecule has 0 aliphatic carbocycles. The largest absolute Gasteiger partial charge is 0.493 e. The molecule has 156 valence electrons. The summed E-state index contributed by atoms with van der Waals surface area (Å²) in [6.07, 6.45) is 2.75. The van der Waals surface area contributed by atoms with Crippen molar-refractivity contribution in [3.8, 4) is 5.75 Å². The number of nitrogens with one attached hydrogen (secondary N) is 1. The van der Waals surface area contributed by atoms with Crippen LogP contribution >= 0.6 is 0 Å². The second-order valence-electron chi connectivity index (χ2n) is 8.48. The molecular formula is C24H27N3O3. The zero-order valence-electron chi connectivity index (χ0n) is 18.0. The van der Waals surface area contributed by atoms with Crippen LogP contribution < -0.4 is 15.1 Å². The number of para-hydroxylation sites is 1. The molecule has 0 radical (unpaired) electrons.